The van der Waals surface area contributed by atoms with E-state index in [1.54, 1.807) is 17.0 Å². The molecular weight excluding hydrogens is 272 g/mol. The average molecular weight is 294 g/mol. The maximum Gasteiger partial charge on any atom is 0.254 e. The second-order valence-electron chi connectivity index (χ2n) is 4.57. The van der Waals surface area contributed by atoms with Gasteiger partial charge in [0.05, 0.1) is 18.1 Å². The van der Waals surface area contributed by atoms with Gasteiger partial charge >= 0.3 is 0 Å². The van der Waals surface area contributed by atoms with Gasteiger partial charge in [0.15, 0.2) is 0 Å². The molecule has 0 atom stereocenters. The first-order valence-electron chi connectivity index (χ1n) is 6.88. The Morgan fingerprint density at radius 3 is 2.70 bits per heavy atom. The number of benzene rings is 1. The molecule has 1 aromatic rings. The maximum absolute atomic E-state index is 12.5. The summed E-state index contributed by atoms with van der Waals surface area (Å²) in [6.07, 6.45) is 1.79. The van der Waals surface area contributed by atoms with Crippen LogP contribution in [0.2, 0.25) is 0 Å². The first-order valence-corrected chi connectivity index (χ1v) is 7.29. The van der Waals surface area contributed by atoms with Crippen molar-refractivity contribution in [2.75, 3.05) is 19.7 Å². The zero-order valence-corrected chi connectivity index (χ0v) is 12.9. The Balaban J connectivity index is 2.84. The minimum atomic E-state index is -0.0680. The monoisotopic (exact) mass is 294 g/mol. The summed E-state index contributed by atoms with van der Waals surface area (Å²) in [5.41, 5.74) is 6.15. The van der Waals surface area contributed by atoms with E-state index in [0.717, 1.165) is 12.8 Å². The average Bonchev–Trinajstić information content (AvgIpc) is 2.43. The topological polar surface area (TPSA) is 55.6 Å². The molecule has 1 aromatic carbocycles. The summed E-state index contributed by atoms with van der Waals surface area (Å²) in [6, 6.07) is 7.22. The van der Waals surface area contributed by atoms with Gasteiger partial charge in [0.25, 0.3) is 5.91 Å². The van der Waals surface area contributed by atoms with Crippen LogP contribution >= 0.6 is 12.2 Å². The number of carbonyl (C=O) groups excluding carboxylic acids is 1. The van der Waals surface area contributed by atoms with Crippen molar-refractivity contribution >= 4 is 23.1 Å². The third-order valence-electron chi connectivity index (χ3n) is 2.68. The minimum absolute atomic E-state index is 0.0680. The Kier molecular flexibility index (Phi) is 7.01. The van der Waals surface area contributed by atoms with Crippen LogP contribution in [-0.2, 0) is 0 Å². The summed E-state index contributed by atoms with van der Waals surface area (Å²) in [4.78, 5) is 14.4. The molecule has 4 nitrogen and oxygen atoms in total. The number of rotatable bonds is 8. The van der Waals surface area contributed by atoms with E-state index in [0.29, 0.717) is 36.0 Å². The van der Waals surface area contributed by atoms with E-state index in [9.17, 15) is 4.79 Å². The van der Waals surface area contributed by atoms with Crippen molar-refractivity contribution < 1.29 is 9.53 Å². The smallest absolute Gasteiger partial charge is 0.254 e. The van der Waals surface area contributed by atoms with Crippen LogP contribution in [-0.4, -0.2) is 35.5 Å². The Hall–Kier alpha value is -1.62. The lowest BCUT2D eigenvalue weighted by molar-refractivity contribution is 0.0779. The molecule has 0 radical (unpaired) electrons. The molecule has 0 saturated heterocycles. The van der Waals surface area contributed by atoms with Crippen LogP contribution in [0.4, 0.5) is 0 Å². The van der Waals surface area contributed by atoms with Crippen molar-refractivity contribution in [3.63, 3.8) is 0 Å². The summed E-state index contributed by atoms with van der Waals surface area (Å²) in [6.45, 7) is 5.64. The Morgan fingerprint density at radius 2 is 2.10 bits per heavy atom. The molecule has 0 unspecified atom stereocenters. The first kappa shape index (κ1) is 16.4. The molecule has 0 saturated carbocycles. The van der Waals surface area contributed by atoms with Gasteiger partial charge in [-0.2, -0.15) is 0 Å². The van der Waals surface area contributed by atoms with E-state index in [4.69, 9.17) is 22.7 Å². The van der Waals surface area contributed by atoms with Crippen LogP contribution in [0.15, 0.2) is 24.3 Å². The van der Waals surface area contributed by atoms with E-state index in [1.807, 2.05) is 26.0 Å². The van der Waals surface area contributed by atoms with Crippen LogP contribution in [0.1, 0.15) is 37.0 Å². The van der Waals surface area contributed by atoms with Gasteiger partial charge in [-0.3, -0.25) is 4.79 Å². The van der Waals surface area contributed by atoms with Crippen LogP contribution in [0.25, 0.3) is 0 Å². The molecule has 0 spiro atoms. The number of nitrogens with zero attached hydrogens (tertiary/aromatic N) is 1. The molecule has 2 N–H and O–H groups in total. The van der Waals surface area contributed by atoms with Crippen molar-refractivity contribution in [2.24, 2.45) is 5.73 Å². The van der Waals surface area contributed by atoms with Crippen LogP contribution in [0, 0.1) is 0 Å². The molecule has 1 amide bonds. The molecule has 0 aromatic heterocycles. The highest BCUT2D eigenvalue weighted by atomic mass is 32.1. The molecule has 0 aliphatic heterocycles. The molecule has 20 heavy (non-hydrogen) atoms. The van der Waals surface area contributed by atoms with Gasteiger partial charge in [-0.1, -0.05) is 32.1 Å². The van der Waals surface area contributed by atoms with Gasteiger partial charge in [-0.25, -0.2) is 0 Å². The third kappa shape index (κ3) is 5.17. The molecule has 0 fully saturated rings. The summed E-state index contributed by atoms with van der Waals surface area (Å²) < 4.78 is 5.55. The van der Waals surface area contributed by atoms with Gasteiger partial charge in [-0.15, -0.1) is 0 Å². The number of ether oxygens (including phenoxy) is 1. The zero-order valence-electron chi connectivity index (χ0n) is 12.1. The molecule has 0 aliphatic carbocycles. The molecule has 0 bridgehead atoms. The number of thiocarbonyl (C=S) groups is 1. The zero-order chi connectivity index (χ0) is 15.0. The van der Waals surface area contributed by atoms with Crippen molar-refractivity contribution in [3.8, 4) is 5.75 Å². The van der Waals surface area contributed by atoms with E-state index >= 15 is 0 Å². The quantitative estimate of drug-likeness (QED) is 0.749. The third-order valence-corrected chi connectivity index (χ3v) is 2.81. The SMILES string of the molecule is CCCOc1cccc(C(=O)N(CCC)CC(N)=S)c1. The van der Waals surface area contributed by atoms with E-state index in [2.05, 4.69) is 0 Å². The highest BCUT2D eigenvalue weighted by molar-refractivity contribution is 7.80. The second kappa shape index (κ2) is 8.53. The fraction of sp³-hybridized carbons (Fsp3) is 0.467. The highest BCUT2D eigenvalue weighted by Crippen LogP contribution is 2.15. The lowest BCUT2D eigenvalue weighted by atomic mass is 10.2. The fourth-order valence-corrected chi connectivity index (χ4v) is 1.99. The summed E-state index contributed by atoms with van der Waals surface area (Å²) in [5.74, 6) is 0.645. The van der Waals surface area contributed by atoms with E-state index in [-0.39, 0.29) is 5.91 Å². The molecule has 0 aliphatic rings. The predicted molar refractivity (Wildman–Crippen MR) is 85.2 cm³/mol. The summed E-state index contributed by atoms with van der Waals surface area (Å²) in [7, 11) is 0. The summed E-state index contributed by atoms with van der Waals surface area (Å²) in [5, 5.41) is 0. The Bertz CT molecular complexity index is 463. The number of carbonyl (C=O) groups is 1. The van der Waals surface area contributed by atoms with Crippen molar-refractivity contribution in [2.45, 2.75) is 26.7 Å². The number of hydrogen-bond acceptors (Lipinski definition) is 3. The van der Waals surface area contributed by atoms with Gasteiger partial charge in [0.2, 0.25) is 0 Å². The van der Waals surface area contributed by atoms with Crippen LogP contribution in [0.5, 0.6) is 5.75 Å². The number of hydrogen-bond donors (Lipinski definition) is 1. The van der Waals surface area contributed by atoms with Crippen molar-refractivity contribution in [1.29, 1.82) is 0 Å². The standard InChI is InChI=1S/C15H22N2O2S/c1-3-8-17(11-14(16)20)15(18)12-6-5-7-13(10-12)19-9-4-2/h5-7,10H,3-4,8-9,11H2,1-2H3,(H2,16,20). The normalized spacial score (nSPS) is 10.1. The Labute approximate surface area is 125 Å². The molecule has 5 heteroatoms. The van der Waals surface area contributed by atoms with Gasteiger partial charge < -0.3 is 15.4 Å². The molecule has 110 valence electrons. The Morgan fingerprint density at radius 1 is 1.35 bits per heavy atom. The fourth-order valence-electron chi connectivity index (χ4n) is 1.83. The van der Waals surface area contributed by atoms with Crippen molar-refractivity contribution in [1.82, 2.24) is 4.90 Å². The minimum Gasteiger partial charge on any atom is -0.494 e. The second-order valence-corrected chi connectivity index (χ2v) is 5.09. The van der Waals surface area contributed by atoms with Gasteiger partial charge in [-0.05, 0) is 31.0 Å². The van der Waals surface area contributed by atoms with Crippen molar-refractivity contribution in [3.05, 3.63) is 29.8 Å². The van der Waals surface area contributed by atoms with Gasteiger partial charge in [0.1, 0.15) is 5.75 Å². The number of amides is 1. The maximum atomic E-state index is 12.5. The highest BCUT2D eigenvalue weighted by Gasteiger charge is 2.16. The lowest BCUT2D eigenvalue weighted by Crippen LogP contribution is -2.38. The number of nitrogens with two attached hydrogens (primary N) is 1. The summed E-state index contributed by atoms with van der Waals surface area (Å²) >= 11 is 4.90. The molecular formula is C15H22N2O2S. The van der Waals surface area contributed by atoms with Gasteiger partial charge in [0, 0.05) is 12.1 Å². The van der Waals surface area contributed by atoms with E-state index in [1.165, 1.54) is 0 Å². The van der Waals surface area contributed by atoms with E-state index < -0.39 is 0 Å². The molecule has 0 heterocycles. The predicted octanol–water partition coefficient (Wildman–Crippen LogP) is 2.61. The molecule has 1 rings (SSSR count). The van der Waals surface area contributed by atoms with Crippen LogP contribution in [0.3, 0.4) is 0 Å². The largest absolute Gasteiger partial charge is 0.494 e. The lowest BCUT2D eigenvalue weighted by Gasteiger charge is -2.21. The first-order chi connectivity index (χ1) is 9.58. The van der Waals surface area contributed by atoms with Crippen LogP contribution < -0.4 is 10.5 Å².